The summed E-state index contributed by atoms with van der Waals surface area (Å²) in [6.07, 6.45) is 1.14. The van der Waals surface area contributed by atoms with Gasteiger partial charge in [0.05, 0.1) is 23.7 Å². The van der Waals surface area contributed by atoms with E-state index in [2.05, 4.69) is 15.4 Å². The maximum Gasteiger partial charge on any atom is 0.329 e. The first-order valence-corrected chi connectivity index (χ1v) is 5.89. The zero-order valence-electron chi connectivity index (χ0n) is 10.7. The topological polar surface area (TPSA) is 119 Å². The normalized spacial score (nSPS) is 23.2. The van der Waals surface area contributed by atoms with Crippen molar-refractivity contribution in [3.8, 4) is 0 Å². The van der Waals surface area contributed by atoms with E-state index < -0.39 is 4.92 Å². The highest BCUT2D eigenvalue weighted by Gasteiger charge is 2.30. The van der Waals surface area contributed by atoms with Gasteiger partial charge in [-0.2, -0.15) is 4.98 Å². The molecule has 2 atom stereocenters. The summed E-state index contributed by atoms with van der Waals surface area (Å²) in [6, 6.07) is -0.00424. The predicted molar refractivity (Wildman–Crippen MR) is 68.7 cm³/mol. The van der Waals surface area contributed by atoms with E-state index in [0.717, 1.165) is 6.20 Å². The Morgan fingerprint density at radius 3 is 3.00 bits per heavy atom. The van der Waals surface area contributed by atoms with Gasteiger partial charge in [-0.3, -0.25) is 15.5 Å². The zero-order valence-corrected chi connectivity index (χ0v) is 10.7. The van der Waals surface area contributed by atoms with Gasteiger partial charge in [-0.25, -0.2) is 10.8 Å². The van der Waals surface area contributed by atoms with E-state index in [0.29, 0.717) is 13.2 Å². The SMILES string of the molecule is CC1CN(c2nc(NN)ncc2[N+](=O)[O-])C(C)CO1. The van der Waals surface area contributed by atoms with Crippen LogP contribution in [-0.4, -0.2) is 40.2 Å². The number of aromatic nitrogens is 2. The number of anilines is 2. The highest BCUT2D eigenvalue weighted by Crippen LogP contribution is 2.29. The molecule has 2 heterocycles. The highest BCUT2D eigenvalue weighted by atomic mass is 16.6. The number of nitro groups is 1. The first-order chi connectivity index (χ1) is 9.02. The van der Waals surface area contributed by atoms with Crippen LogP contribution in [0, 0.1) is 10.1 Å². The zero-order chi connectivity index (χ0) is 14.0. The number of hydrogen-bond acceptors (Lipinski definition) is 8. The molecule has 9 heteroatoms. The molecule has 1 aromatic heterocycles. The molecule has 1 fully saturated rings. The van der Waals surface area contributed by atoms with Gasteiger partial charge in [0.15, 0.2) is 0 Å². The molecule has 0 aliphatic carbocycles. The summed E-state index contributed by atoms with van der Waals surface area (Å²) >= 11 is 0. The van der Waals surface area contributed by atoms with Crippen LogP contribution in [0.2, 0.25) is 0 Å². The fourth-order valence-corrected chi connectivity index (χ4v) is 1.97. The molecule has 0 aromatic carbocycles. The predicted octanol–water partition coefficient (Wildman–Crippen LogP) is 0.284. The Bertz CT molecular complexity index is 482. The summed E-state index contributed by atoms with van der Waals surface area (Å²) in [5.41, 5.74) is 2.16. The first-order valence-electron chi connectivity index (χ1n) is 5.89. The molecule has 0 bridgehead atoms. The van der Waals surface area contributed by atoms with Crippen molar-refractivity contribution in [2.45, 2.75) is 26.0 Å². The monoisotopic (exact) mass is 268 g/mol. The minimum absolute atomic E-state index is 0.00424. The van der Waals surface area contributed by atoms with Crippen molar-refractivity contribution in [3.63, 3.8) is 0 Å². The maximum absolute atomic E-state index is 11.1. The van der Waals surface area contributed by atoms with Crippen molar-refractivity contribution in [2.75, 3.05) is 23.5 Å². The van der Waals surface area contributed by atoms with Crippen LogP contribution in [0.5, 0.6) is 0 Å². The Hall–Kier alpha value is -2.00. The van der Waals surface area contributed by atoms with Gasteiger partial charge in [-0.15, -0.1) is 0 Å². The number of nitrogen functional groups attached to an aromatic ring is 1. The van der Waals surface area contributed by atoms with Crippen molar-refractivity contribution in [1.29, 1.82) is 0 Å². The molecule has 1 saturated heterocycles. The molecule has 1 aromatic rings. The third-order valence-electron chi connectivity index (χ3n) is 2.96. The lowest BCUT2D eigenvalue weighted by Crippen LogP contribution is -2.48. The maximum atomic E-state index is 11.1. The van der Waals surface area contributed by atoms with Crippen LogP contribution in [-0.2, 0) is 4.74 Å². The van der Waals surface area contributed by atoms with Crippen LogP contribution >= 0.6 is 0 Å². The van der Waals surface area contributed by atoms with E-state index in [1.54, 1.807) is 0 Å². The van der Waals surface area contributed by atoms with Gasteiger partial charge >= 0.3 is 5.69 Å². The Kier molecular flexibility index (Phi) is 3.76. The second kappa shape index (κ2) is 5.33. The fraction of sp³-hybridized carbons (Fsp3) is 0.600. The molecule has 19 heavy (non-hydrogen) atoms. The van der Waals surface area contributed by atoms with Crippen molar-refractivity contribution < 1.29 is 9.66 Å². The van der Waals surface area contributed by atoms with Crippen molar-refractivity contribution in [3.05, 3.63) is 16.3 Å². The van der Waals surface area contributed by atoms with E-state index in [1.165, 1.54) is 0 Å². The standard InChI is InChI=1S/C10H16N6O3/c1-6-5-19-7(2)4-15(6)9-8(16(17)18)3-12-10(13-9)14-11/h3,6-7H,4-5,11H2,1-2H3,(H,12,13,14). The molecule has 2 rings (SSSR count). The summed E-state index contributed by atoms with van der Waals surface area (Å²) in [5, 5.41) is 11.1. The Balaban J connectivity index is 2.42. The molecule has 9 nitrogen and oxygen atoms in total. The van der Waals surface area contributed by atoms with Gasteiger partial charge in [0.2, 0.25) is 11.8 Å². The summed E-state index contributed by atoms with van der Waals surface area (Å²) in [4.78, 5) is 20.3. The van der Waals surface area contributed by atoms with Crippen molar-refractivity contribution >= 4 is 17.5 Å². The molecule has 0 spiro atoms. The lowest BCUT2D eigenvalue weighted by Gasteiger charge is -2.37. The van der Waals surface area contributed by atoms with E-state index in [-0.39, 0.29) is 29.6 Å². The molecule has 3 N–H and O–H groups in total. The van der Waals surface area contributed by atoms with E-state index in [4.69, 9.17) is 10.6 Å². The van der Waals surface area contributed by atoms with E-state index in [1.807, 2.05) is 18.7 Å². The van der Waals surface area contributed by atoms with Crippen molar-refractivity contribution in [2.24, 2.45) is 5.84 Å². The molecular formula is C10H16N6O3. The van der Waals surface area contributed by atoms with Crippen LogP contribution in [0.4, 0.5) is 17.5 Å². The first kappa shape index (κ1) is 13.4. The smallest absolute Gasteiger partial charge is 0.329 e. The average Bonchev–Trinajstić information content (AvgIpc) is 2.40. The number of ether oxygens (including phenoxy) is 1. The lowest BCUT2D eigenvalue weighted by atomic mass is 10.2. The fourth-order valence-electron chi connectivity index (χ4n) is 1.97. The van der Waals surface area contributed by atoms with Gasteiger partial charge in [0.25, 0.3) is 0 Å². The highest BCUT2D eigenvalue weighted by molar-refractivity contribution is 5.59. The number of nitrogens with one attached hydrogen (secondary N) is 1. The van der Waals surface area contributed by atoms with Crippen LogP contribution in [0.25, 0.3) is 0 Å². The minimum Gasteiger partial charge on any atom is -0.375 e. The van der Waals surface area contributed by atoms with E-state index in [9.17, 15) is 10.1 Å². The molecule has 1 aliphatic rings. The van der Waals surface area contributed by atoms with Crippen LogP contribution in [0.3, 0.4) is 0 Å². The molecule has 0 radical (unpaired) electrons. The average molecular weight is 268 g/mol. The Morgan fingerprint density at radius 2 is 2.37 bits per heavy atom. The Morgan fingerprint density at radius 1 is 1.63 bits per heavy atom. The number of rotatable bonds is 3. The van der Waals surface area contributed by atoms with Gasteiger partial charge in [0.1, 0.15) is 6.20 Å². The van der Waals surface area contributed by atoms with Gasteiger partial charge in [-0.05, 0) is 13.8 Å². The molecule has 0 amide bonds. The largest absolute Gasteiger partial charge is 0.375 e. The van der Waals surface area contributed by atoms with Gasteiger partial charge in [-0.1, -0.05) is 0 Å². The van der Waals surface area contributed by atoms with Crippen LogP contribution < -0.4 is 16.2 Å². The van der Waals surface area contributed by atoms with Gasteiger partial charge < -0.3 is 9.64 Å². The molecule has 0 saturated carbocycles. The number of nitrogens with zero attached hydrogens (tertiary/aromatic N) is 4. The number of nitrogens with two attached hydrogens (primary N) is 1. The lowest BCUT2D eigenvalue weighted by molar-refractivity contribution is -0.384. The quantitative estimate of drug-likeness (QED) is 0.456. The summed E-state index contributed by atoms with van der Waals surface area (Å²) in [5.74, 6) is 5.65. The number of hydrogen-bond donors (Lipinski definition) is 2. The molecule has 104 valence electrons. The Labute approximate surface area is 109 Å². The summed E-state index contributed by atoms with van der Waals surface area (Å²) in [6.45, 7) is 4.86. The summed E-state index contributed by atoms with van der Waals surface area (Å²) < 4.78 is 5.50. The second-order valence-corrected chi connectivity index (χ2v) is 4.45. The molecular weight excluding hydrogens is 252 g/mol. The van der Waals surface area contributed by atoms with Gasteiger partial charge in [0, 0.05) is 6.54 Å². The third-order valence-corrected chi connectivity index (χ3v) is 2.96. The number of hydrazine groups is 1. The molecule has 2 unspecified atom stereocenters. The van der Waals surface area contributed by atoms with Crippen molar-refractivity contribution in [1.82, 2.24) is 9.97 Å². The second-order valence-electron chi connectivity index (χ2n) is 4.45. The third kappa shape index (κ3) is 2.71. The van der Waals surface area contributed by atoms with Crippen LogP contribution in [0.1, 0.15) is 13.8 Å². The number of morpholine rings is 1. The minimum atomic E-state index is -0.498. The molecule has 1 aliphatic heterocycles. The summed E-state index contributed by atoms with van der Waals surface area (Å²) in [7, 11) is 0. The van der Waals surface area contributed by atoms with E-state index >= 15 is 0 Å². The van der Waals surface area contributed by atoms with Crippen LogP contribution in [0.15, 0.2) is 6.20 Å².